The van der Waals surface area contributed by atoms with Crippen LogP contribution in [0.1, 0.15) is 126 Å². The SMILES string of the molecule is CCCCC(CCC)c1c(O)cccc1Cc1cccc(O)c1C(CCC)CCCC. The smallest absolute Gasteiger partial charge is 0.119 e. The summed E-state index contributed by atoms with van der Waals surface area (Å²) >= 11 is 0. The van der Waals surface area contributed by atoms with Crippen LogP contribution in [0.4, 0.5) is 0 Å². The number of hydrogen-bond donors (Lipinski definition) is 2. The highest BCUT2D eigenvalue weighted by atomic mass is 16.3. The zero-order valence-electron chi connectivity index (χ0n) is 20.3. The second-order valence-corrected chi connectivity index (χ2v) is 9.13. The van der Waals surface area contributed by atoms with Gasteiger partial charge in [0.25, 0.3) is 0 Å². The van der Waals surface area contributed by atoms with Crippen LogP contribution in [0.15, 0.2) is 36.4 Å². The number of phenols is 2. The number of rotatable bonds is 14. The maximum absolute atomic E-state index is 10.8. The molecule has 0 bridgehead atoms. The van der Waals surface area contributed by atoms with Crippen LogP contribution in [0.2, 0.25) is 0 Å². The number of benzene rings is 2. The van der Waals surface area contributed by atoms with Crippen molar-refractivity contribution in [3.8, 4) is 11.5 Å². The molecule has 0 aliphatic heterocycles. The van der Waals surface area contributed by atoms with Gasteiger partial charge >= 0.3 is 0 Å². The van der Waals surface area contributed by atoms with Gasteiger partial charge in [-0.15, -0.1) is 0 Å². The number of hydrogen-bond acceptors (Lipinski definition) is 2. The van der Waals surface area contributed by atoms with Crippen LogP contribution in [0.3, 0.4) is 0 Å². The van der Waals surface area contributed by atoms with Gasteiger partial charge < -0.3 is 10.2 Å². The molecule has 172 valence electrons. The Bertz CT molecular complexity index is 715. The first-order chi connectivity index (χ1) is 15.1. The maximum atomic E-state index is 10.8. The standard InChI is InChI=1S/C29H44O2/c1-5-9-15-22(13-7-3)28-24(17-11-19-26(28)30)21-25-18-12-20-27(31)29(25)23(14-8-4)16-10-6-2/h11-12,17-20,22-23,30-31H,5-10,13-16,21H2,1-4H3. The van der Waals surface area contributed by atoms with Gasteiger partial charge in [-0.1, -0.05) is 90.5 Å². The largest absolute Gasteiger partial charge is 0.508 e. The zero-order chi connectivity index (χ0) is 22.6. The van der Waals surface area contributed by atoms with Gasteiger partial charge in [-0.25, -0.2) is 0 Å². The second-order valence-electron chi connectivity index (χ2n) is 9.13. The molecular weight excluding hydrogens is 380 g/mol. The van der Waals surface area contributed by atoms with E-state index in [4.69, 9.17) is 0 Å². The normalized spacial score (nSPS) is 13.3. The van der Waals surface area contributed by atoms with E-state index in [1.807, 2.05) is 24.3 Å². The Balaban J connectivity index is 2.47. The van der Waals surface area contributed by atoms with Crippen molar-refractivity contribution in [3.63, 3.8) is 0 Å². The Kier molecular flexibility index (Phi) is 11.0. The highest BCUT2D eigenvalue weighted by Gasteiger charge is 2.22. The van der Waals surface area contributed by atoms with Crippen LogP contribution in [0, 0.1) is 0 Å². The summed E-state index contributed by atoms with van der Waals surface area (Å²) in [6.07, 6.45) is 12.2. The molecule has 0 aromatic heterocycles. The minimum Gasteiger partial charge on any atom is -0.508 e. The molecule has 2 unspecified atom stereocenters. The van der Waals surface area contributed by atoms with E-state index in [-0.39, 0.29) is 0 Å². The highest BCUT2D eigenvalue weighted by molar-refractivity contribution is 5.48. The van der Waals surface area contributed by atoms with E-state index < -0.39 is 0 Å². The van der Waals surface area contributed by atoms with Gasteiger partial charge in [0.1, 0.15) is 11.5 Å². The average Bonchev–Trinajstić information content (AvgIpc) is 2.75. The minimum absolute atomic E-state index is 0.397. The van der Waals surface area contributed by atoms with Crippen molar-refractivity contribution in [3.05, 3.63) is 58.7 Å². The average molecular weight is 425 g/mol. The van der Waals surface area contributed by atoms with Crippen molar-refractivity contribution in [2.75, 3.05) is 0 Å². The third-order valence-corrected chi connectivity index (χ3v) is 6.63. The lowest BCUT2D eigenvalue weighted by Crippen LogP contribution is -2.08. The summed E-state index contributed by atoms with van der Waals surface area (Å²) in [7, 11) is 0. The Labute approximate surface area is 190 Å². The molecule has 0 fully saturated rings. The summed E-state index contributed by atoms with van der Waals surface area (Å²) in [6, 6.07) is 12.0. The monoisotopic (exact) mass is 424 g/mol. The van der Waals surface area contributed by atoms with Crippen molar-refractivity contribution in [1.29, 1.82) is 0 Å². The van der Waals surface area contributed by atoms with E-state index in [0.717, 1.165) is 56.1 Å². The quantitative estimate of drug-likeness (QED) is 0.318. The molecule has 0 heterocycles. The van der Waals surface area contributed by atoms with Gasteiger partial charge in [0.15, 0.2) is 0 Å². The Hall–Kier alpha value is -1.96. The van der Waals surface area contributed by atoms with Gasteiger partial charge in [-0.2, -0.15) is 0 Å². The summed E-state index contributed by atoms with van der Waals surface area (Å²) in [5, 5.41) is 21.7. The molecule has 2 N–H and O–H groups in total. The zero-order valence-corrected chi connectivity index (χ0v) is 20.3. The van der Waals surface area contributed by atoms with E-state index in [1.165, 1.54) is 36.8 Å². The number of phenolic OH excluding ortho intramolecular Hbond substituents is 2. The second kappa shape index (κ2) is 13.5. The predicted molar refractivity (Wildman–Crippen MR) is 133 cm³/mol. The van der Waals surface area contributed by atoms with Crippen molar-refractivity contribution in [2.45, 2.75) is 110 Å². The number of unbranched alkanes of at least 4 members (excludes halogenated alkanes) is 2. The van der Waals surface area contributed by atoms with Crippen molar-refractivity contribution in [1.82, 2.24) is 0 Å². The Morgan fingerprint density at radius 2 is 1.00 bits per heavy atom. The molecule has 2 aromatic carbocycles. The molecule has 0 saturated heterocycles. The van der Waals surface area contributed by atoms with Crippen molar-refractivity contribution >= 4 is 0 Å². The molecule has 2 aromatic rings. The fourth-order valence-electron chi connectivity index (χ4n) is 5.12. The van der Waals surface area contributed by atoms with E-state index >= 15 is 0 Å². The van der Waals surface area contributed by atoms with Gasteiger partial charge in [-0.3, -0.25) is 0 Å². The van der Waals surface area contributed by atoms with Crippen LogP contribution in [0.25, 0.3) is 0 Å². The highest BCUT2D eigenvalue weighted by Crippen LogP contribution is 2.40. The van der Waals surface area contributed by atoms with Gasteiger partial charge in [-0.05, 0) is 67.2 Å². The fraction of sp³-hybridized carbons (Fsp3) is 0.586. The molecule has 0 spiro atoms. The Morgan fingerprint density at radius 3 is 1.35 bits per heavy atom. The number of aromatic hydroxyl groups is 2. The lowest BCUT2D eigenvalue weighted by molar-refractivity contribution is 0.444. The molecule has 0 aliphatic rings. The molecule has 0 saturated carbocycles. The lowest BCUT2D eigenvalue weighted by atomic mass is 9.81. The first kappa shape index (κ1) is 25.3. The topological polar surface area (TPSA) is 40.5 Å². The molecule has 2 heteroatoms. The summed E-state index contributed by atoms with van der Waals surface area (Å²) in [5.74, 6) is 1.66. The van der Waals surface area contributed by atoms with Gasteiger partial charge in [0.05, 0.1) is 0 Å². The molecule has 31 heavy (non-hydrogen) atoms. The van der Waals surface area contributed by atoms with Gasteiger partial charge in [0.2, 0.25) is 0 Å². The molecule has 0 amide bonds. The first-order valence-corrected chi connectivity index (χ1v) is 12.7. The third kappa shape index (κ3) is 7.02. The molecule has 2 rings (SSSR count). The first-order valence-electron chi connectivity index (χ1n) is 12.7. The van der Waals surface area contributed by atoms with E-state index in [9.17, 15) is 10.2 Å². The van der Waals surface area contributed by atoms with Crippen LogP contribution >= 0.6 is 0 Å². The minimum atomic E-state index is 0.397. The summed E-state index contributed by atoms with van der Waals surface area (Å²) in [4.78, 5) is 0. The molecule has 2 nitrogen and oxygen atoms in total. The van der Waals surface area contributed by atoms with E-state index in [1.54, 1.807) is 0 Å². The van der Waals surface area contributed by atoms with E-state index in [2.05, 4.69) is 39.8 Å². The summed E-state index contributed by atoms with van der Waals surface area (Å²) < 4.78 is 0. The molecule has 0 radical (unpaired) electrons. The molecule has 2 atom stereocenters. The molecule has 0 aliphatic carbocycles. The van der Waals surface area contributed by atoms with Crippen LogP contribution < -0.4 is 0 Å². The van der Waals surface area contributed by atoms with Crippen molar-refractivity contribution < 1.29 is 10.2 Å². The van der Waals surface area contributed by atoms with Crippen LogP contribution in [-0.4, -0.2) is 10.2 Å². The van der Waals surface area contributed by atoms with Crippen molar-refractivity contribution in [2.24, 2.45) is 0 Å². The maximum Gasteiger partial charge on any atom is 0.119 e. The van der Waals surface area contributed by atoms with E-state index in [0.29, 0.717) is 23.3 Å². The summed E-state index contributed by atoms with van der Waals surface area (Å²) in [6.45, 7) is 8.93. The molecular formula is C29H44O2. The van der Waals surface area contributed by atoms with Crippen LogP contribution in [-0.2, 0) is 6.42 Å². The van der Waals surface area contributed by atoms with Gasteiger partial charge in [0, 0.05) is 11.1 Å². The summed E-state index contributed by atoms with van der Waals surface area (Å²) in [5.41, 5.74) is 4.69. The third-order valence-electron chi connectivity index (χ3n) is 6.63. The Morgan fingerprint density at radius 1 is 0.581 bits per heavy atom. The fourth-order valence-corrected chi connectivity index (χ4v) is 5.12. The van der Waals surface area contributed by atoms with Crippen LogP contribution in [0.5, 0.6) is 11.5 Å². The lowest BCUT2D eigenvalue weighted by Gasteiger charge is -2.24. The predicted octanol–water partition coefficient (Wildman–Crippen LogP) is 8.84.